The number of amides is 1. The van der Waals surface area contributed by atoms with E-state index in [0.717, 1.165) is 38.4 Å². The molecule has 5 nitrogen and oxygen atoms in total. The number of hydrogen-bond acceptors (Lipinski definition) is 4. The van der Waals surface area contributed by atoms with Gasteiger partial charge in [-0.15, -0.1) is 0 Å². The normalized spacial score (nSPS) is 21.7. The van der Waals surface area contributed by atoms with Gasteiger partial charge in [-0.25, -0.2) is 0 Å². The molecule has 2 atom stereocenters. The number of nitrogens with one attached hydrogen (secondary N) is 1. The van der Waals surface area contributed by atoms with Gasteiger partial charge >= 0.3 is 0 Å². The predicted molar refractivity (Wildman–Crippen MR) is 91.1 cm³/mol. The van der Waals surface area contributed by atoms with Gasteiger partial charge in [-0.3, -0.25) is 14.7 Å². The lowest BCUT2D eigenvalue weighted by Crippen LogP contribution is -2.42. The summed E-state index contributed by atoms with van der Waals surface area (Å²) in [5.74, 6) is 1.13. The van der Waals surface area contributed by atoms with Crippen LogP contribution in [-0.2, 0) is 16.0 Å². The summed E-state index contributed by atoms with van der Waals surface area (Å²) in [6.45, 7) is 10.9. The third-order valence-corrected chi connectivity index (χ3v) is 4.49. The molecule has 0 bridgehead atoms. The summed E-state index contributed by atoms with van der Waals surface area (Å²) in [5, 5.41) is 3.23. The summed E-state index contributed by atoms with van der Waals surface area (Å²) in [5.41, 5.74) is 0.956. The average molecular weight is 319 g/mol. The molecule has 23 heavy (non-hydrogen) atoms. The number of aromatic nitrogens is 1. The third-order valence-electron chi connectivity index (χ3n) is 4.49. The maximum absolute atomic E-state index is 12.3. The minimum atomic E-state index is 0.0836. The van der Waals surface area contributed by atoms with Crippen LogP contribution in [0.1, 0.15) is 26.3 Å². The van der Waals surface area contributed by atoms with Crippen LogP contribution >= 0.6 is 0 Å². The van der Waals surface area contributed by atoms with E-state index in [9.17, 15) is 4.79 Å². The zero-order chi connectivity index (χ0) is 16.7. The highest BCUT2D eigenvalue weighted by atomic mass is 16.5. The molecule has 0 radical (unpaired) electrons. The predicted octanol–water partition coefficient (Wildman–Crippen LogP) is 1.73. The molecule has 0 spiro atoms. The molecule has 0 unspecified atom stereocenters. The van der Waals surface area contributed by atoms with Crippen molar-refractivity contribution < 1.29 is 9.53 Å². The summed E-state index contributed by atoms with van der Waals surface area (Å²) >= 11 is 0. The van der Waals surface area contributed by atoms with E-state index in [1.807, 2.05) is 19.1 Å². The summed E-state index contributed by atoms with van der Waals surface area (Å²) in [7, 11) is 0. The van der Waals surface area contributed by atoms with Gasteiger partial charge in [0.25, 0.3) is 0 Å². The van der Waals surface area contributed by atoms with Crippen LogP contribution in [-0.4, -0.2) is 54.7 Å². The van der Waals surface area contributed by atoms with Crippen molar-refractivity contribution >= 4 is 5.91 Å². The summed E-state index contributed by atoms with van der Waals surface area (Å²) < 4.78 is 5.45. The van der Waals surface area contributed by atoms with Crippen LogP contribution in [0.2, 0.25) is 0 Å². The van der Waals surface area contributed by atoms with Crippen LogP contribution < -0.4 is 5.32 Å². The van der Waals surface area contributed by atoms with E-state index in [1.165, 1.54) is 0 Å². The standard InChI is InChI=1S/C18H29N3O2/c1-4-23-9-8-21-12-16(14(2)3)17(13-21)20-18(22)10-15-6-5-7-19-11-15/h5-7,11,14,16-17H,4,8-10,12-13H2,1-3H3,(H,20,22)/t16-,17+/m0/s1. The lowest BCUT2D eigenvalue weighted by atomic mass is 9.91. The second-order valence-electron chi connectivity index (χ2n) is 6.58. The number of likely N-dealkylation sites (tertiary alicyclic amines) is 1. The molecule has 0 aliphatic carbocycles. The van der Waals surface area contributed by atoms with Gasteiger partial charge in [-0.1, -0.05) is 19.9 Å². The van der Waals surface area contributed by atoms with Crippen molar-refractivity contribution in [3.63, 3.8) is 0 Å². The molecule has 1 N–H and O–H groups in total. The highest BCUT2D eigenvalue weighted by molar-refractivity contribution is 5.78. The largest absolute Gasteiger partial charge is 0.380 e. The summed E-state index contributed by atoms with van der Waals surface area (Å²) in [6, 6.07) is 4.03. The van der Waals surface area contributed by atoms with Crippen LogP contribution in [0, 0.1) is 11.8 Å². The molecular weight excluding hydrogens is 290 g/mol. The fourth-order valence-electron chi connectivity index (χ4n) is 3.21. The van der Waals surface area contributed by atoms with Gasteiger partial charge in [0.2, 0.25) is 5.91 Å². The molecule has 2 rings (SSSR count). The van der Waals surface area contributed by atoms with Gasteiger partial charge in [0.1, 0.15) is 0 Å². The Morgan fingerprint density at radius 3 is 2.96 bits per heavy atom. The number of ether oxygens (including phenoxy) is 1. The number of rotatable bonds is 8. The Balaban J connectivity index is 1.87. The Kier molecular flexibility index (Phi) is 6.99. The van der Waals surface area contributed by atoms with Crippen molar-refractivity contribution in [2.75, 3.05) is 32.8 Å². The van der Waals surface area contributed by atoms with Crippen molar-refractivity contribution in [3.8, 4) is 0 Å². The molecule has 1 aromatic rings. The van der Waals surface area contributed by atoms with Gasteiger partial charge < -0.3 is 10.1 Å². The first-order chi connectivity index (χ1) is 11.1. The molecule has 1 fully saturated rings. The number of pyridine rings is 1. The molecule has 1 aliphatic heterocycles. The maximum Gasteiger partial charge on any atom is 0.224 e. The topological polar surface area (TPSA) is 54.5 Å². The highest BCUT2D eigenvalue weighted by Gasteiger charge is 2.35. The summed E-state index contributed by atoms with van der Waals surface area (Å²) in [6.07, 6.45) is 3.88. The van der Waals surface area contributed by atoms with E-state index in [2.05, 4.69) is 29.0 Å². The third kappa shape index (κ3) is 5.59. The van der Waals surface area contributed by atoms with E-state index >= 15 is 0 Å². The van der Waals surface area contributed by atoms with Crippen molar-refractivity contribution in [2.45, 2.75) is 33.2 Å². The fourth-order valence-corrected chi connectivity index (χ4v) is 3.21. The Morgan fingerprint density at radius 1 is 1.48 bits per heavy atom. The van der Waals surface area contributed by atoms with E-state index in [0.29, 0.717) is 18.3 Å². The number of carbonyl (C=O) groups excluding carboxylic acids is 1. The lowest BCUT2D eigenvalue weighted by molar-refractivity contribution is -0.121. The first-order valence-corrected chi connectivity index (χ1v) is 8.58. The molecule has 5 heteroatoms. The first-order valence-electron chi connectivity index (χ1n) is 8.58. The molecule has 0 aromatic carbocycles. The molecule has 128 valence electrons. The second-order valence-corrected chi connectivity index (χ2v) is 6.58. The van der Waals surface area contributed by atoms with Gasteiger partial charge in [0.05, 0.1) is 13.0 Å². The van der Waals surface area contributed by atoms with Gasteiger partial charge in [-0.2, -0.15) is 0 Å². The van der Waals surface area contributed by atoms with E-state index in [-0.39, 0.29) is 11.9 Å². The van der Waals surface area contributed by atoms with Crippen LogP contribution in [0.5, 0.6) is 0 Å². The fraction of sp³-hybridized carbons (Fsp3) is 0.667. The molecule has 1 aliphatic rings. The number of nitrogens with zero attached hydrogens (tertiary/aromatic N) is 2. The molecule has 0 saturated carbocycles. The smallest absolute Gasteiger partial charge is 0.224 e. The van der Waals surface area contributed by atoms with Crippen molar-refractivity contribution in [1.29, 1.82) is 0 Å². The molecule has 1 aromatic heterocycles. The Morgan fingerprint density at radius 2 is 2.30 bits per heavy atom. The maximum atomic E-state index is 12.3. The molecule has 2 heterocycles. The van der Waals surface area contributed by atoms with Crippen molar-refractivity contribution in [3.05, 3.63) is 30.1 Å². The number of carbonyl (C=O) groups is 1. The minimum Gasteiger partial charge on any atom is -0.380 e. The summed E-state index contributed by atoms with van der Waals surface area (Å²) in [4.78, 5) is 18.8. The quantitative estimate of drug-likeness (QED) is 0.742. The van der Waals surface area contributed by atoms with Crippen LogP contribution in [0.25, 0.3) is 0 Å². The van der Waals surface area contributed by atoms with Crippen LogP contribution in [0.4, 0.5) is 0 Å². The monoisotopic (exact) mass is 319 g/mol. The highest BCUT2D eigenvalue weighted by Crippen LogP contribution is 2.24. The van der Waals surface area contributed by atoms with Crippen molar-refractivity contribution in [2.24, 2.45) is 11.8 Å². The molecule has 1 saturated heterocycles. The number of hydrogen-bond donors (Lipinski definition) is 1. The van der Waals surface area contributed by atoms with Crippen molar-refractivity contribution in [1.82, 2.24) is 15.2 Å². The van der Waals surface area contributed by atoms with E-state index in [4.69, 9.17) is 4.74 Å². The van der Waals surface area contributed by atoms with Gasteiger partial charge in [0, 0.05) is 44.7 Å². The Hall–Kier alpha value is -1.46. The SMILES string of the molecule is CCOCCN1C[C@@H](NC(=O)Cc2cccnc2)[C@H](C(C)C)C1. The average Bonchev–Trinajstić information content (AvgIpc) is 2.91. The Labute approximate surface area is 139 Å². The minimum absolute atomic E-state index is 0.0836. The Bertz CT molecular complexity index is 478. The molecule has 1 amide bonds. The van der Waals surface area contributed by atoms with Crippen LogP contribution in [0.15, 0.2) is 24.5 Å². The molecular formula is C18H29N3O2. The van der Waals surface area contributed by atoms with Crippen LogP contribution in [0.3, 0.4) is 0 Å². The first kappa shape index (κ1) is 17.9. The zero-order valence-electron chi connectivity index (χ0n) is 14.5. The zero-order valence-corrected chi connectivity index (χ0v) is 14.5. The van der Waals surface area contributed by atoms with Gasteiger partial charge in [0.15, 0.2) is 0 Å². The van der Waals surface area contributed by atoms with Gasteiger partial charge in [-0.05, 0) is 30.4 Å². The second kappa shape index (κ2) is 8.99. The van der Waals surface area contributed by atoms with E-state index in [1.54, 1.807) is 12.4 Å². The van der Waals surface area contributed by atoms with E-state index < -0.39 is 0 Å². The lowest BCUT2D eigenvalue weighted by Gasteiger charge is -2.23.